The highest BCUT2D eigenvalue weighted by Crippen LogP contribution is 2.31. The van der Waals surface area contributed by atoms with E-state index in [2.05, 4.69) is 21.2 Å². The predicted octanol–water partition coefficient (Wildman–Crippen LogP) is 5.54. The van der Waals surface area contributed by atoms with Crippen LogP contribution in [-0.4, -0.2) is 0 Å². The van der Waals surface area contributed by atoms with E-state index in [1.165, 1.54) is 12.1 Å². The van der Waals surface area contributed by atoms with Crippen LogP contribution in [0.25, 0.3) is 0 Å². The molecule has 0 aliphatic carbocycles. The van der Waals surface area contributed by atoms with E-state index in [1.807, 2.05) is 44.2 Å². The second-order valence-corrected chi connectivity index (χ2v) is 5.94. The average Bonchev–Trinajstić information content (AvgIpc) is 2.38. The van der Waals surface area contributed by atoms with Gasteiger partial charge in [-0.1, -0.05) is 60.1 Å². The molecule has 1 N–H and O–H groups in total. The molecule has 106 valence electrons. The zero-order chi connectivity index (χ0) is 14.7. The summed E-state index contributed by atoms with van der Waals surface area (Å²) in [7, 11) is 0. The van der Waals surface area contributed by atoms with E-state index < -0.39 is 11.6 Å². The summed E-state index contributed by atoms with van der Waals surface area (Å²) in [4.78, 5) is 0. The van der Waals surface area contributed by atoms with Gasteiger partial charge in [-0.2, -0.15) is 0 Å². The summed E-state index contributed by atoms with van der Waals surface area (Å²) in [5, 5.41) is 2.99. The molecule has 0 aliphatic rings. The number of benzene rings is 2. The summed E-state index contributed by atoms with van der Waals surface area (Å²) in [6.07, 6.45) is 0. The highest BCUT2D eigenvalue weighted by molar-refractivity contribution is 9.10. The zero-order valence-corrected chi connectivity index (χ0v) is 12.9. The second-order valence-electron chi connectivity index (χ2n) is 5.02. The van der Waals surface area contributed by atoms with Crippen LogP contribution < -0.4 is 5.32 Å². The molecule has 0 amide bonds. The Labute approximate surface area is 126 Å². The number of halogens is 3. The van der Waals surface area contributed by atoms with Crippen molar-refractivity contribution in [1.29, 1.82) is 0 Å². The molecule has 0 spiro atoms. The fourth-order valence-corrected chi connectivity index (χ4v) is 2.53. The Balaban J connectivity index is 2.35. The van der Waals surface area contributed by atoms with E-state index in [4.69, 9.17) is 0 Å². The van der Waals surface area contributed by atoms with Crippen molar-refractivity contribution in [3.8, 4) is 0 Å². The first-order chi connectivity index (χ1) is 9.49. The van der Waals surface area contributed by atoms with E-state index in [0.29, 0.717) is 4.47 Å². The van der Waals surface area contributed by atoms with Gasteiger partial charge >= 0.3 is 0 Å². The zero-order valence-electron chi connectivity index (χ0n) is 11.3. The molecular weight excluding hydrogens is 324 g/mol. The summed E-state index contributed by atoms with van der Waals surface area (Å²) < 4.78 is 28.2. The first-order valence-corrected chi connectivity index (χ1v) is 7.24. The Hall–Kier alpha value is -1.42. The highest BCUT2D eigenvalue weighted by Gasteiger charge is 2.19. The standard InChI is InChI=1S/C16H16BrF2N/c1-10(2)15(11-6-4-3-5-7-11)20-16-13(18)8-12(17)9-14(16)19/h3-10,15,20H,1-2H3. The second kappa shape index (κ2) is 6.35. The smallest absolute Gasteiger partial charge is 0.150 e. The Morgan fingerprint density at radius 1 is 1.00 bits per heavy atom. The molecule has 1 atom stereocenters. The monoisotopic (exact) mass is 339 g/mol. The number of hydrogen-bond donors (Lipinski definition) is 1. The molecule has 0 radical (unpaired) electrons. The minimum Gasteiger partial charge on any atom is -0.373 e. The van der Waals surface area contributed by atoms with Crippen LogP contribution in [0, 0.1) is 17.6 Å². The van der Waals surface area contributed by atoms with E-state index in [0.717, 1.165) is 5.56 Å². The van der Waals surface area contributed by atoms with Gasteiger partial charge in [0.25, 0.3) is 0 Å². The average molecular weight is 340 g/mol. The van der Waals surface area contributed by atoms with Gasteiger partial charge in [-0.3, -0.25) is 0 Å². The summed E-state index contributed by atoms with van der Waals surface area (Å²) in [6.45, 7) is 4.03. The van der Waals surface area contributed by atoms with Crippen molar-refractivity contribution in [2.45, 2.75) is 19.9 Å². The van der Waals surface area contributed by atoms with E-state index in [-0.39, 0.29) is 17.6 Å². The minimum atomic E-state index is -0.599. The fraction of sp³-hybridized carbons (Fsp3) is 0.250. The van der Waals surface area contributed by atoms with Crippen LogP contribution in [0.1, 0.15) is 25.5 Å². The minimum absolute atomic E-state index is 0.0873. The molecule has 1 nitrogen and oxygen atoms in total. The maximum Gasteiger partial charge on any atom is 0.150 e. The van der Waals surface area contributed by atoms with Gasteiger partial charge in [0.1, 0.15) is 17.3 Å². The largest absolute Gasteiger partial charge is 0.373 e. The molecule has 0 aliphatic heterocycles. The molecular formula is C16H16BrF2N. The molecule has 0 fully saturated rings. The first kappa shape index (κ1) is 15.0. The summed E-state index contributed by atoms with van der Waals surface area (Å²) in [5.41, 5.74) is 0.917. The fourth-order valence-electron chi connectivity index (χ4n) is 2.13. The van der Waals surface area contributed by atoms with Gasteiger partial charge < -0.3 is 5.32 Å². The van der Waals surface area contributed by atoms with Crippen LogP contribution in [0.5, 0.6) is 0 Å². The van der Waals surface area contributed by atoms with Crippen LogP contribution in [-0.2, 0) is 0 Å². The molecule has 20 heavy (non-hydrogen) atoms. The van der Waals surface area contributed by atoms with Crippen molar-refractivity contribution in [1.82, 2.24) is 0 Å². The van der Waals surface area contributed by atoms with Gasteiger partial charge in [-0.25, -0.2) is 8.78 Å². The van der Waals surface area contributed by atoms with Gasteiger partial charge in [0.05, 0.1) is 6.04 Å². The lowest BCUT2D eigenvalue weighted by molar-refractivity contribution is 0.528. The Morgan fingerprint density at radius 3 is 2.05 bits per heavy atom. The summed E-state index contributed by atoms with van der Waals surface area (Å²) in [5.74, 6) is -1.00. The Morgan fingerprint density at radius 2 is 1.55 bits per heavy atom. The highest BCUT2D eigenvalue weighted by atomic mass is 79.9. The SMILES string of the molecule is CC(C)C(Nc1c(F)cc(Br)cc1F)c1ccccc1. The number of rotatable bonds is 4. The maximum absolute atomic E-state index is 13.9. The Kier molecular flexibility index (Phi) is 4.76. The topological polar surface area (TPSA) is 12.0 Å². The molecule has 2 rings (SSSR count). The lowest BCUT2D eigenvalue weighted by Gasteiger charge is -2.24. The third-order valence-corrected chi connectivity index (χ3v) is 3.59. The third-order valence-electron chi connectivity index (χ3n) is 3.13. The third kappa shape index (κ3) is 3.37. The van der Waals surface area contributed by atoms with Gasteiger partial charge in [0.2, 0.25) is 0 Å². The van der Waals surface area contributed by atoms with Crippen molar-refractivity contribution in [2.75, 3.05) is 5.32 Å². The van der Waals surface area contributed by atoms with Crippen molar-refractivity contribution in [3.05, 3.63) is 64.1 Å². The van der Waals surface area contributed by atoms with Crippen molar-refractivity contribution in [3.63, 3.8) is 0 Å². The van der Waals surface area contributed by atoms with Gasteiger partial charge in [-0.05, 0) is 23.6 Å². The molecule has 0 bridgehead atoms. The molecule has 0 aromatic heterocycles. The molecule has 2 aromatic carbocycles. The van der Waals surface area contributed by atoms with Crippen LogP contribution in [0.15, 0.2) is 46.9 Å². The van der Waals surface area contributed by atoms with Crippen LogP contribution in [0.2, 0.25) is 0 Å². The van der Waals surface area contributed by atoms with Gasteiger partial charge in [-0.15, -0.1) is 0 Å². The predicted molar refractivity (Wildman–Crippen MR) is 81.7 cm³/mol. The maximum atomic E-state index is 13.9. The first-order valence-electron chi connectivity index (χ1n) is 6.45. The summed E-state index contributed by atoms with van der Waals surface area (Å²) in [6, 6.07) is 12.0. The normalized spacial score (nSPS) is 12.5. The van der Waals surface area contributed by atoms with Crippen molar-refractivity contribution in [2.24, 2.45) is 5.92 Å². The van der Waals surface area contributed by atoms with Crippen molar-refractivity contribution >= 4 is 21.6 Å². The number of hydrogen-bond acceptors (Lipinski definition) is 1. The Bertz CT molecular complexity index is 561. The van der Waals surface area contributed by atoms with Crippen molar-refractivity contribution < 1.29 is 8.78 Å². The molecule has 4 heteroatoms. The van der Waals surface area contributed by atoms with Crippen LogP contribution in [0.3, 0.4) is 0 Å². The molecule has 0 saturated heterocycles. The number of nitrogens with one attached hydrogen (secondary N) is 1. The molecule has 1 unspecified atom stereocenters. The number of anilines is 1. The molecule has 0 heterocycles. The van der Waals surface area contributed by atoms with Gasteiger partial charge in [0, 0.05) is 4.47 Å². The van der Waals surface area contributed by atoms with Crippen LogP contribution in [0.4, 0.5) is 14.5 Å². The lowest BCUT2D eigenvalue weighted by atomic mass is 9.95. The lowest BCUT2D eigenvalue weighted by Crippen LogP contribution is -2.18. The van der Waals surface area contributed by atoms with E-state index >= 15 is 0 Å². The van der Waals surface area contributed by atoms with Crippen LogP contribution >= 0.6 is 15.9 Å². The van der Waals surface area contributed by atoms with E-state index in [1.54, 1.807) is 0 Å². The van der Waals surface area contributed by atoms with E-state index in [9.17, 15) is 8.78 Å². The molecule has 2 aromatic rings. The van der Waals surface area contributed by atoms with Gasteiger partial charge in [0.15, 0.2) is 0 Å². The quantitative estimate of drug-likeness (QED) is 0.771. The summed E-state index contributed by atoms with van der Waals surface area (Å²) >= 11 is 3.08. The molecule has 0 saturated carbocycles.